The average Bonchev–Trinajstić information content (AvgIpc) is 2.42. The third-order valence-electron chi connectivity index (χ3n) is 2.74. The summed E-state index contributed by atoms with van der Waals surface area (Å²) in [6, 6.07) is 7.64. The quantitative estimate of drug-likeness (QED) is 0.699. The Hall–Kier alpha value is -0.980. The van der Waals surface area contributed by atoms with Crippen LogP contribution in [0.25, 0.3) is 0 Å². The molecule has 2 aromatic carbocycles. The van der Waals surface area contributed by atoms with Crippen molar-refractivity contribution in [2.75, 3.05) is 6.54 Å². The number of benzene rings is 2. The largest absolute Gasteiger partial charge is 0.450 e. The molecule has 2 rings (SSSR count). The van der Waals surface area contributed by atoms with E-state index in [0.29, 0.717) is 22.3 Å². The standard InChI is InChI=1S/C15H13Br2F2NO/c1-2-20-8-9-5-12(18)15(13(19)6-9)21-14-4-3-10(16)7-11(14)17/h3-7,20H,2,8H2,1H3. The van der Waals surface area contributed by atoms with Gasteiger partial charge >= 0.3 is 0 Å². The summed E-state index contributed by atoms with van der Waals surface area (Å²) in [7, 11) is 0. The molecule has 0 spiro atoms. The van der Waals surface area contributed by atoms with Crippen LogP contribution in [0.2, 0.25) is 0 Å². The smallest absolute Gasteiger partial charge is 0.198 e. The highest BCUT2D eigenvalue weighted by Crippen LogP contribution is 2.34. The number of ether oxygens (including phenoxy) is 1. The van der Waals surface area contributed by atoms with E-state index in [1.807, 2.05) is 6.92 Å². The molecule has 6 heteroatoms. The van der Waals surface area contributed by atoms with E-state index in [0.717, 1.165) is 11.0 Å². The van der Waals surface area contributed by atoms with Crippen LogP contribution in [0.4, 0.5) is 8.78 Å². The Bertz CT molecular complexity index is 627. The predicted molar refractivity (Wildman–Crippen MR) is 85.7 cm³/mol. The van der Waals surface area contributed by atoms with E-state index in [1.165, 1.54) is 12.1 Å². The summed E-state index contributed by atoms with van der Waals surface area (Å²) < 4.78 is 34.8. The lowest BCUT2D eigenvalue weighted by Gasteiger charge is -2.11. The van der Waals surface area contributed by atoms with Gasteiger partial charge in [-0.05, 0) is 58.4 Å². The van der Waals surface area contributed by atoms with E-state index in [4.69, 9.17) is 4.74 Å². The van der Waals surface area contributed by atoms with E-state index in [9.17, 15) is 8.78 Å². The Morgan fingerprint density at radius 1 is 1.10 bits per heavy atom. The van der Waals surface area contributed by atoms with Crippen molar-refractivity contribution in [3.05, 3.63) is 56.5 Å². The zero-order chi connectivity index (χ0) is 15.4. The minimum Gasteiger partial charge on any atom is -0.450 e. The van der Waals surface area contributed by atoms with Crippen molar-refractivity contribution in [1.29, 1.82) is 0 Å². The number of nitrogens with one attached hydrogen (secondary N) is 1. The van der Waals surface area contributed by atoms with Crippen molar-refractivity contribution < 1.29 is 13.5 Å². The van der Waals surface area contributed by atoms with Gasteiger partial charge in [0, 0.05) is 11.0 Å². The van der Waals surface area contributed by atoms with Crippen molar-refractivity contribution in [1.82, 2.24) is 5.32 Å². The van der Waals surface area contributed by atoms with Gasteiger partial charge in [0.2, 0.25) is 0 Å². The first kappa shape index (κ1) is 16.4. The summed E-state index contributed by atoms with van der Waals surface area (Å²) in [4.78, 5) is 0. The molecule has 0 saturated carbocycles. The summed E-state index contributed by atoms with van der Waals surface area (Å²) >= 11 is 6.60. The fraction of sp³-hybridized carbons (Fsp3) is 0.200. The topological polar surface area (TPSA) is 21.3 Å². The molecule has 0 bridgehead atoms. The van der Waals surface area contributed by atoms with Crippen LogP contribution in [0, 0.1) is 11.6 Å². The normalized spacial score (nSPS) is 10.7. The molecule has 0 heterocycles. The van der Waals surface area contributed by atoms with Gasteiger partial charge in [-0.3, -0.25) is 0 Å². The Balaban J connectivity index is 2.27. The van der Waals surface area contributed by atoms with Gasteiger partial charge in [-0.1, -0.05) is 22.9 Å². The van der Waals surface area contributed by atoms with E-state index >= 15 is 0 Å². The molecular weight excluding hydrogens is 408 g/mol. The highest BCUT2D eigenvalue weighted by atomic mass is 79.9. The Morgan fingerprint density at radius 2 is 1.76 bits per heavy atom. The second-order valence-corrected chi connectivity index (χ2v) is 6.12. The first-order valence-electron chi connectivity index (χ1n) is 6.32. The Kier molecular flexibility index (Phi) is 5.72. The average molecular weight is 421 g/mol. The van der Waals surface area contributed by atoms with Crippen LogP contribution in [-0.2, 0) is 6.54 Å². The van der Waals surface area contributed by atoms with Crippen LogP contribution >= 0.6 is 31.9 Å². The zero-order valence-corrected chi connectivity index (χ0v) is 14.4. The fourth-order valence-corrected chi connectivity index (χ4v) is 2.88. The van der Waals surface area contributed by atoms with Gasteiger partial charge in [0.1, 0.15) is 5.75 Å². The highest BCUT2D eigenvalue weighted by Gasteiger charge is 2.15. The summed E-state index contributed by atoms with van der Waals surface area (Å²) in [5.74, 6) is -1.51. The number of rotatable bonds is 5. The lowest BCUT2D eigenvalue weighted by molar-refractivity contribution is 0.404. The van der Waals surface area contributed by atoms with Crippen molar-refractivity contribution in [2.45, 2.75) is 13.5 Å². The van der Waals surface area contributed by atoms with Crippen LogP contribution in [0.5, 0.6) is 11.5 Å². The lowest BCUT2D eigenvalue weighted by atomic mass is 10.2. The van der Waals surface area contributed by atoms with Gasteiger partial charge < -0.3 is 10.1 Å². The maximum Gasteiger partial charge on any atom is 0.198 e. The number of hydrogen-bond acceptors (Lipinski definition) is 2. The van der Waals surface area contributed by atoms with Gasteiger partial charge in [-0.2, -0.15) is 0 Å². The van der Waals surface area contributed by atoms with E-state index < -0.39 is 17.4 Å². The molecule has 0 saturated heterocycles. The summed E-state index contributed by atoms with van der Waals surface area (Å²) in [5, 5.41) is 3.02. The Labute approximate surface area is 138 Å². The van der Waals surface area contributed by atoms with E-state index in [2.05, 4.69) is 37.2 Å². The van der Waals surface area contributed by atoms with Gasteiger partial charge in [0.15, 0.2) is 17.4 Å². The molecule has 2 nitrogen and oxygen atoms in total. The van der Waals surface area contributed by atoms with Crippen molar-refractivity contribution in [3.63, 3.8) is 0 Å². The molecule has 0 aliphatic rings. The first-order chi connectivity index (χ1) is 10.0. The zero-order valence-electron chi connectivity index (χ0n) is 11.2. The van der Waals surface area contributed by atoms with Crippen LogP contribution in [0.1, 0.15) is 12.5 Å². The van der Waals surface area contributed by atoms with Crippen molar-refractivity contribution >= 4 is 31.9 Å². The fourth-order valence-electron chi connectivity index (χ4n) is 1.75. The van der Waals surface area contributed by atoms with Gasteiger partial charge in [-0.25, -0.2) is 8.78 Å². The predicted octanol–water partition coefficient (Wildman–Crippen LogP) is 5.39. The molecule has 0 unspecified atom stereocenters. The summed E-state index contributed by atoms with van der Waals surface area (Å²) in [6.07, 6.45) is 0. The molecule has 0 radical (unpaired) electrons. The van der Waals surface area contributed by atoms with Crippen LogP contribution in [-0.4, -0.2) is 6.54 Å². The monoisotopic (exact) mass is 419 g/mol. The first-order valence-corrected chi connectivity index (χ1v) is 7.91. The molecular formula is C15H13Br2F2NO. The lowest BCUT2D eigenvalue weighted by Crippen LogP contribution is -2.12. The van der Waals surface area contributed by atoms with E-state index in [-0.39, 0.29) is 0 Å². The third kappa shape index (κ3) is 4.25. The molecule has 21 heavy (non-hydrogen) atoms. The molecule has 0 aliphatic carbocycles. The second kappa shape index (κ2) is 7.33. The highest BCUT2D eigenvalue weighted by molar-refractivity contribution is 9.11. The minimum absolute atomic E-state index is 0.343. The van der Waals surface area contributed by atoms with Gasteiger partial charge in [0.05, 0.1) is 4.47 Å². The molecule has 0 aromatic heterocycles. The number of halogens is 4. The van der Waals surface area contributed by atoms with Crippen molar-refractivity contribution in [2.24, 2.45) is 0 Å². The minimum atomic E-state index is -0.724. The molecule has 0 aliphatic heterocycles. The van der Waals surface area contributed by atoms with Crippen LogP contribution in [0.3, 0.4) is 0 Å². The van der Waals surface area contributed by atoms with E-state index in [1.54, 1.807) is 18.2 Å². The number of hydrogen-bond donors (Lipinski definition) is 1. The summed E-state index contributed by atoms with van der Waals surface area (Å²) in [5.41, 5.74) is 0.536. The Morgan fingerprint density at radius 3 is 2.33 bits per heavy atom. The SMILES string of the molecule is CCNCc1cc(F)c(Oc2ccc(Br)cc2Br)c(F)c1. The van der Waals surface area contributed by atoms with Crippen LogP contribution < -0.4 is 10.1 Å². The van der Waals surface area contributed by atoms with Gasteiger partial charge in [-0.15, -0.1) is 0 Å². The third-order valence-corrected chi connectivity index (χ3v) is 3.86. The van der Waals surface area contributed by atoms with Crippen molar-refractivity contribution in [3.8, 4) is 11.5 Å². The second-order valence-electron chi connectivity index (χ2n) is 4.35. The van der Waals surface area contributed by atoms with Gasteiger partial charge in [0.25, 0.3) is 0 Å². The molecule has 0 fully saturated rings. The summed E-state index contributed by atoms with van der Waals surface area (Å²) in [6.45, 7) is 3.06. The maximum atomic E-state index is 14.0. The molecule has 0 atom stereocenters. The van der Waals surface area contributed by atoms with Crippen LogP contribution in [0.15, 0.2) is 39.3 Å². The molecule has 112 valence electrons. The molecule has 1 N–H and O–H groups in total. The molecule has 0 amide bonds. The molecule has 2 aromatic rings. The maximum absolute atomic E-state index is 14.0.